The summed E-state index contributed by atoms with van der Waals surface area (Å²) in [7, 11) is 0. The van der Waals surface area contributed by atoms with E-state index in [4.69, 9.17) is 6.42 Å². The summed E-state index contributed by atoms with van der Waals surface area (Å²) in [5, 5.41) is 2.86. The van der Waals surface area contributed by atoms with Gasteiger partial charge in [0.1, 0.15) is 11.6 Å². The van der Waals surface area contributed by atoms with Gasteiger partial charge >= 0.3 is 0 Å². The van der Waals surface area contributed by atoms with E-state index in [1.165, 1.54) is 0 Å². The molecule has 0 spiro atoms. The van der Waals surface area contributed by atoms with Crippen molar-refractivity contribution in [3.8, 4) is 12.3 Å². The van der Waals surface area contributed by atoms with Crippen LogP contribution < -0.4 is 5.32 Å². The summed E-state index contributed by atoms with van der Waals surface area (Å²) in [5.74, 6) is 2.54. The fraction of sp³-hybridized carbons (Fsp3) is 0.733. The smallest absolute Gasteiger partial charge is 0.248 e. The molecule has 4 nitrogen and oxygen atoms in total. The van der Waals surface area contributed by atoms with Gasteiger partial charge in [0.25, 0.3) is 0 Å². The van der Waals surface area contributed by atoms with E-state index in [2.05, 4.69) is 11.2 Å². The number of hydrogen-bond donors (Lipinski definition) is 1. The van der Waals surface area contributed by atoms with Gasteiger partial charge in [-0.1, -0.05) is 20.8 Å². The standard InChI is InChI=1S/C15H24N2O2/c1-6-10-11(7-2)17-12(8-3)13(18)16-15(5,9-4)14(17)19/h1,11-12H,7-10H2,2-5H3,(H,16,18). The third kappa shape index (κ3) is 2.75. The first-order valence-electron chi connectivity index (χ1n) is 7.03. The SMILES string of the molecule is C#CCC(CC)N1C(=O)C(C)(CC)NC(=O)C1CC. The lowest BCUT2D eigenvalue weighted by atomic mass is 9.89. The molecule has 1 aliphatic rings. The molecule has 1 N–H and O–H groups in total. The molecule has 19 heavy (non-hydrogen) atoms. The first-order valence-corrected chi connectivity index (χ1v) is 7.03. The quantitative estimate of drug-likeness (QED) is 0.768. The molecular formula is C15H24N2O2. The molecule has 0 aromatic rings. The van der Waals surface area contributed by atoms with Crippen LogP contribution in [0.5, 0.6) is 0 Å². The average Bonchev–Trinajstić information content (AvgIpc) is 2.40. The lowest BCUT2D eigenvalue weighted by Gasteiger charge is -2.47. The van der Waals surface area contributed by atoms with Crippen LogP contribution in [0.25, 0.3) is 0 Å². The third-order valence-electron chi connectivity index (χ3n) is 4.06. The Morgan fingerprint density at radius 2 is 2.05 bits per heavy atom. The zero-order valence-corrected chi connectivity index (χ0v) is 12.3. The molecule has 1 saturated heterocycles. The van der Waals surface area contributed by atoms with Crippen molar-refractivity contribution in [3.05, 3.63) is 0 Å². The van der Waals surface area contributed by atoms with Crippen molar-refractivity contribution in [2.45, 2.75) is 71.0 Å². The Morgan fingerprint density at radius 3 is 2.47 bits per heavy atom. The predicted octanol–water partition coefficient (Wildman–Crippen LogP) is 1.69. The van der Waals surface area contributed by atoms with Gasteiger partial charge in [0.2, 0.25) is 11.8 Å². The van der Waals surface area contributed by atoms with Crippen molar-refractivity contribution in [2.24, 2.45) is 0 Å². The summed E-state index contributed by atoms with van der Waals surface area (Å²) in [6, 6.07) is -0.454. The molecule has 1 fully saturated rings. The first-order chi connectivity index (χ1) is 8.95. The lowest BCUT2D eigenvalue weighted by Crippen LogP contribution is -2.70. The Morgan fingerprint density at radius 1 is 1.42 bits per heavy atom. The van der Waals surface area contributed by atoms with Gasteiger partial charge in [0.05, 0.1) is 0 Å². The van der Waals surface area contributed by atoms with Crippen LogP contribution in [0.1, 0.15) is 53.4 Å². The molecule has 106 valence electrons. The molecule has 0 aromatic heterocycles. The van der Waals surface area contributed by atoms with Crippen LogP contribution in [0.3, 0.4) is 0 Å². The number of carbonyl (C=O) groups excluding carboxylic acids is 2. The van der Waals surface area contributed by atoms with Gasteiger partial charge in [-0.05, 0) is 26.2 Å². The second-order valence-corrected chi connectivity index (χ2v) is 5.28. The highest BCUT2D eigenvalue weighted by Gasteiger charge is 2.48. The molecule has 1 heterocycles. The normalized spacial score (nSPS) is 28.8. The zero-order chi connectivity index (χ0) is 14.6. The number of nitrogens with zero attached hydrogens (tertiary/aromatic N) is 1. The molecule has 0 bridgehead atoms. The summed E-state index contributed by atoms with van der Waals surface area (Å²) in [6.07, 6.45) is 7.84. The number of amides is 2. The first kappa shape index (κ1) is 15.6. The zero-order valence-electron chi connectivity index (χ0n) is 12.3. The number of terminal acetylenes is 1. The van der Waals surface area contributed by atoms with Crippen LogP contribution >= 0.6 is 0 Å². The highest BCUT2D eigenvalue weighted by molar-refractivity contribution is 5.99. The summed E-state index contributed by atoms with van der Waals surface area (Å²) in [5.41, 5.74) is -0.801. The molecule has 2 amide bonds. The van der Waals surface area contributed by atoms with E-state index in [0.717, 1.165) is 6.42 Å². The average molecular weight is 264 g/mol. The third-order valence-corrected chi connectivity index (χ3v) is 4.06. The van der Waals surface area contributed by atoms with Crippen LogP contribution in [0, 0.1) is 12.3 Å². The fourth-order valence-corrected chi connectivity index (χ4v) is 2.58. The minimum atomic E-state index is -0.801. The van der Waals surface area contributed by atoms with Crippen molar-refractivity contribution in [1.82, 2.24) is 10.2 Å². The minimum absolute atomic E-state index is 0.0106. The Labute approximate surface area is 115 Å². The highest BCUT2D eigenvalue weighted by atomic mass is 16.2. The second kappa shape index (κ2) is 6.10. The molecule has 3 unspecified atom stereocenters. The molecule has 1 aliphatic heterocycles. The van der Waals surface area contributed by atoms with Crippen LogP contribution in [0.15, 0.2) is 0 Å². The maximum Gasteiger partial charge on any atom is 0.248 e. The number of piperazine rings is 1. The van der Waals surface area contributed by atoms with Gasteiger partial charge in [-0.15, -0.1) is 12.3 Å². The highest BCUT2D eigenvalue weighted by Crippen LogP contribution is 2.26. The molecule has 0 radical (unpaired) electrons. The van der Waals surface area contributed by atoms with Crippen molar-refractivity contribution in [1.29, 1.82) is 0 Å². The Hall–Kier alpha value is -1.50. The molecule has 0 aliphatic carbocycles. The van der Waals surface area contributed by atoms with E-state index in [0.29, 0.717) is 19.3 Å². The van der Waals surface area contributed by atoms with E-state index in [1.807, 2.05) is 20.8 Å². The fourth-order valence-electron chi connectivity index (χ4n) is 2.58. The Kier molecular flexibility index (Phi) is 4.99. The van der Waals surface area contributed by atoms with Crippen LogP contribution in [-0.4, -0.2) is 34.3 Å². The molecule has 0 aromatic carbocycles. The van der Waals surface area contributed by atoms with Crippen molar-refractivity contribution >= 4 is 11.8 Å². The van der Waals surface area contributed by atoms with Gasteiger partial charge in [0, 0.05) is 12.5 Å². The minimum Gasteiger partial charge on any atom is -0.340 e. The van der Waals surface area contributed by atoms with Gasteiger partial charge < -0.3 is 10.2 Å². The van der Waals surface area contributed by atoms with E-state index in [1.54, 1.807) is 11.8 Å². The number of rotatable bonds is 5. The van der Waals surface area contributed by atoms with Crippen molar-refractivity contribution < 1.29 is 9.59 Å². The summed E-state index contributed by atoms with van der Waals surface area (Å²) in [4.78, 5) is 26.7. The monoisotopic (exact) mass is 264 g/mol. The molecule has 1 rings (SSSR count). The largest absolute Gasteiger partial charge is 0.340 e. The van der Waals surface area contributed by atoms with E-state index >= 15 is 0 Å². The van der Waals surface area contributed by atoms with Crippen LogP contribution in [0.4, 0.5) is 0 Å². The van der Waals surface area contributed by atoms with Crippen molar-refractivity contribution in [2.75, 3.05) is 0 Å². The van der Waals surface area contributed by atoms with Gasteiger partial charge in [-0.3, -0.25) is 9.59 Å². The second-order valence-electron chi connectivity index (χ2n) is 5.28. The van der Waals surface area contributed by atoms with Gasteiger partial charge in [-0.25, -0.2) is 0 Å². The summed E-state index contributed by atoms with van der Waals surface area (Å²) < 4.78 is 0. The lowest BCUT2D eigenvalue weighted by molar-refractivity contribution is -0.157. The van der Waals surface area contributed by atoms with Crippen molar-refractivity contribution in [3.63, 3.8) is 0 Å². The molecule has 0 saturated carbocycles. The van der Waals surface area contributed by atoms with E-state index in [9.17, 15) is 9.59 Å². The maximum absolute atomic E-state index is 12.7. The predicted molar refractivity (Wildman–Crippen MR) is 75.3 cm³/mol. The van der Waals surface area contributed by atoms with Gasteiger partial charge in [-0.2, -0.15) is 0 Å². The van der Waals surface area contributed by atoms with Crippen LogP contribution in [-0.2, 0) is 9.59 Å². The molecular weight excluding hydrogens is 240 g/mol. The van der Waals surface area contributed by atoms with Gasteiger partial charge in [0.15, 0.2) is 0 Å². The topological polar surface area (TPSA) is 49.4 Å². The van der Waals surface area contributed by atoms with Crippen LogP contribution in [0.2, 0.25) is 0 Å². The molecule has 4 heteroatoms. The maximum atomic E-state index is 12.7. The number of carbonyl (C=O) groups is 2. The van der Waals surface area contributed by atoms with E-state index < -0.39 is 11.6 Å². The summed E-state index contributed by atoms with van der Waals surface area (Å²) >= 11 is 0. The number of hydrogen-bond acceptors (Lipinski definition) is 2. The Bertz CT molecular complexity index is 399. The Balaban J connectivity index is 3.16. The van der Waals surface area contributed by atoms with E-state index in [-0.39, 0.29) is 17.9 Å². The number of nitrogens with one attached hydrogen (secondary N) is 1. The summed E-state index contributed by atoms with van der Waals surface area (Å²) in [6.45, 7) is 7.61. The molecule has 3 atom stereocenters.